The van der Waals surface area contributed by atoms with Crippen LogP contribution in [0.5, 0.6) is 0 Å². The van der Waals surface area contributed by atoms with E-state index in [0.717, 1.165) is 44.1 Å². The predicted molar refractivity (Wildman–Crippen MR) is 73.4 cm³/mol. The van der Waals surface area contributed by atoms with Crippen LogP contribution in [0.3, 0.4) is 0 Å². The summed E-state index contributed by atoms with van der Waals surface area (Å²) in [6, 6.07) is 3.72. The fourth-order valence-corrected chi connectivity index (χ4v) is 2.52. The molecule has 19 heavy (non-hydrogen) atoms. The van der Waals surface area contributed by atoms with Crippen molar-refractivity contribution >= 4 is 11.9 Å². The molecule has 0 saturated carbocycles. The first-order valence-electron chi connectivity index (χ1n) is 7.10. The largest absolute Gasteiger partial charge is 0.386 e. The fraction of sp³-hybridized carbons (Fsp3) is 0.500. The second-order valence-electron chi connectivity index (χ2n) is 5.01. The molecule has 1 aliphatic heterocycles. The third-order valence-electron chi connectivity index (χ3n) is 3.60. The van der Waals surface area contributed by atoms with Gasteiger partial charge in [0.15, 0.2) is 0 Å². The zero-order valence-electron chi connectivity index (χ0n) is 11.6. The highest BCUT2D eigenvalue weighted by Crippen LogP contribution is 2.28. The summed E-state index contributed by atoms with van der Waals surface area (Å²) in [5.74, 6) is -0.968. The van der Waals surface area contributed by atoms with Crippen molar-refractivity contribution in [3.63, 3.8) is 0 Å². The molecule has 3 heteroatoms. The SMILES string of the molecule is CCCCc1ccc2c(c1CCCC)C(=O)OC2=O. The van der Waals surface area contributed by atoms with Gasteiger partial charge < -0.3 is 4.74 Å². The van der Waals surface area contributed by atoms with E-state index in [1.54, 1.807) is 6.07 Å². The van der Waals surface area contributed by atoms with Gasteiger partial charge >= 0.3 is 11.9 Å². The molecule has 0 atom stereocenters. The van der Waals surface area contributed by atoms with Gasteiger partial charge in [-0.1, -0.05) is 32.8 Å². The Morgan fingerprint density at radius 3 is 2.32 bits per heavy atom. The number of hydrogen-bond acceptors (Lipinski definition) is 3. The summed E-state index contributed by atoms with van der Waals surface area (Å²) in [5, 5.41) is 0. The van der Waals surface area contributed by atoms with Gasteiger partial charge in [-0.3, -0.25) is 0 Å². The van der Waals surface area contributed by atoms with Gasteiger partial charge in [0.2, 0.25) is 0 Å². The highest BCUT2D eigenvalue weighted by Gasteiger charge is 2.32. The molecule has 0 bridgehead atoms. The summed E-state index contributed by atoms with van der Waals surface area (Å²) < 4.78 is 4.73. The van der Waals surface area contributed by atoms with E-state index in [0.29, 0.717) is 11.1 Å². The van der Waals surface area contributed by atoms with E-state index in [4.69, 9.17) is 4.74 Å². The molecule has 0 amide bonds. The summed E-state index contributed by atoms with van der Waals surface area (Å²) in [7, 11) is 0. The number of carbonyl (C=O) groups excluding carboxylic acids is 2. The van der Waals surface area contributed by atoms with E-state index in [9.17, 15) is 9.59 Å². The van der Waals surface area contributed by atoms with Gasteiger partial charge in [-0.25, -0.2) is 9.59 Å². The number of benzene rings is 1. The fourth-order valence-electron chi connectivity index (χ4n) is 2.52. The Balaban J connectivity index is 2.43. The lowest BCUT2D eigenvalue weighted by molar-refractivity contribution is 0.0443. The second-order valence-corrected chi connectivity index (χ2v) is 5.01. The lowest BCUT2D eigenvalue weighted by Gasteiger charge is -2.11. The zero-order valence-corrected chi connectivity index (χ0v) is 11.6. The Kier molecular flexibility index (Phi) is 4.35. The van der Waals surface area contributed by atoms with Crippen molar-refractivity contribution in [2.45, 2.75) is 52.4 Å². The Labute approximate surface area is 114 Å². The summed E-state index contributed by atoms with van der Waals surface area (Å²) in [4.78, 5) is 23.4. The van der Waals surface area contributed by atoms with E-state index in [2.05, 4.69) is 13.8 Å². The van der Waals surface area contributed by atoms with Crippen LogP contribution < -0.4 is 0 Å². The van der Waals surface area contributed by atoms with Gasteiger partial charge in [0, 0.05) is 0 Å². The van der Waals surface area contributed by atoms with Gasteiger partial charge in [0.1, 0.15) is 0 Å². The summed E-state index contributed by atoms with van der Waals surface area (Å²) >= 11 is 0. The van der Waals surface area contributed by atoms with E-state index in [1.165, 1.54) is 5.56 Å². The van der Waals surface area contributed by atoms with E-state index < -0.39 is 11.9 Å². The van der Waals surface area contributed by atoms with Crippen LogP contribution in [-0.2, 0) is 17.6 Å². The van der Waals surface area contributed by atoms with Crippen molar-refractivity contribution < 1.29 is 14.3 Å². The lowest BCUT2D eigenvalue weighted by atomic mass is 9.91. The molecule has 0 unspecified atom stereocenters. The van der Waals surface area contributed by atoms with Crippen LogP contribution in [0.15, 0.2) is 12.1 Å². The molecule has 0 spiro atoms. The molecule has 3 nitrogen and oxygen atoms in total. The zero-order chi connectivity index (χ0) is 13.8. The van der Waals surface area contributed by atoms with Gasteiger partial charge in [-0.15, -0.1) is 0 Å². The maximum atomic E-state index is 11.8. The molecule has 1 aromatic carbocycles. The molecule has 0 aliphatic carbocycles. The molecule has 0 radical (unpaired) electrons. The number of hydrogen-bond donors (Lipinski definition) is 0. The number of carbonyl (C=O) groups is 2. The van der Waals surface area contributed by atoms with E-state index in [-0.39, 0.29) is 0 Å². The van der Waals surface area contributed by atoms with Crippen LogP contribution in [0.4, 0.5) is 0 Å². The van der Waals surface area contributed by atoms with E-state index >= 15 is 0 Å². The van der Waals surface area contributed by atoms with Crippen molar-refractivity contribution in [1.29, 1.82) is 0 Å². The van der Waals surface area contributed by atoms with Crippen LogP contribution in [0.2, 0.25) is 0 Å². The molecule has 0 N–H and O–H groups in total. The first kappa shape index (κ1) is 13.8. The third-order valence-corrected chi connectivity index (χ3v) is 3.60. The first-order chi connectivity index (χ1) is 9.19. The number of ether oxygens (including phenoxy) is 1. The van der Waals surface area contributed by atoms with Crippen LogP contribution in [-0.4, -0.2) is 11.9 Å². The average molecular weight is 260 g/mol. The number of fused-ring (bicyclic) bond motifs is 1. The number of rotatable bonds is 6. The summed E-state index contributed by atoms with van der Waals surface area (Å²) in [6.07, 6.45) is 6.12. The average Bonchev–Trinajstić information content (AvgIpc) is 2.69. The smallest absolute Gasteiger partial charge is 0.347 e. The molecule has 0 saturated heterocycles. The van der Waals surface area contributed by atoms with Crippen LogP contribution in [0.25, 0.3) is 0 Å². The minimum atomic E-state index is -0.500. The standard InChI is InChI=1S/C16H20O3/c1-3-5-7-11-9-10-13-14(12(11)8-6-4-2)16(18)19-15(13)17/h9-10H,3-8H2,1-2H3. The van der Waals surface area contributed by atoms with Crippen molar-refractivity contribution in [1.82, 2.24) is 0 Å². The Bertz CT molecular complexity index is 503. The normalized spacial score (nSPS) is 13.6. The summed E-state index contributed by atoms with van der Waals surface area (Å²) in [5.41, 5.74) is 3.19. The van der Waals surface area contributed by atoms with E-state index in [1.807, 2.05) is 6.07 Å². The first-order valence-corrected chi connectivity index (χ1v) is 7.10. The van der Waals surface area contributed by atoms with Crippen molar-refractivity contribution in [2.75, 3.05) is 0 Å². The molecular formula is C16H20O3. The molecule has 0 fully saturated rings. The van der Waals surface area contributed by atoms with Crippen LogP contribution in [0, 0.1) is 0 Å². The number of unbranched alkanes of at least 4 members (excludes halogenated alkanes) is 2. The number of aryl methyl sites for hydroxylation is 1. The highest BCUT2D eigenvalue weighted by atomic mass is 16.6. The minimum Gasteiger partial charge on any atom is -0.386 e. The van der Waals surface area contributed by atoms with Crippen LogP contribution in [0.1, 0.15) is 71.4 Å². The number of esters is 2. The molecule has 0 aromatic heterocycles. The Morgan fingerprint density at radius 2 is 1.63 bits per heavy atom. The van der Waals surface area contributed by atoms with Gasteiger partial charge in [-0.2, -0.15) is 0 Å². The Morgan fingerprint density at radius 1 is 0.947 bits per heavy atom. The molecule has 1 heterocycles. The van der Waals surface area contributed by atoms with Gasteiger partial charge in [0.25, 0.3) is 0 Å². The third kappa shape index (κ3) is 2.70. The quantitative estimate of drug-likeness (QED) is 0.579. The monoisotopic (exact) mass is 260 g/mol. The lowest BCUT2D eigenvalue weighted by Crippen LogP contribution is -2.05. The molecule has 1 aliphatic rings. The van der Waals surface area contributed by atoms with Crippen molar-refractivity contribution in [3.05, 3.63) is 34.4 Å². The van der Waals surface area contributed by atoms with Crippen LogP contribution >= 0.6 is 0 Å². The number of cyclic esters (lactones) is 2. The van der Waals surface area contributed by atoms with Gasteiger partial charge in [0.05, 0.1) is 11.1 Å². The molecule has 102 valence electrons. The maximum Gasteiger partial charge on any atom is 0.347 e. The predicted octanol–water partition coefficient (Wildman–Crippen LogP) is 3.68. The maximum absolute atomic E-state index is 11.8. The molecule has 1 aromatic rings. The van der Waals surface area contributed by atoms with Crippen molar-refractivity contribution in [3.8, 4) is 0 Å². The topological polar surface area (TPSA) is 43.4 Å². The molecule has 2 rings (SSSR count). The minimum absolute atomic E-state index is 0.441. The van der Waals surface area contributed by atoms with Gasteiger partial charge in [-0.05, 0) is 42.9 Å². The summed E-state index contributed by atoms with van der Waals surface area (Å²) in [6.45, 7) is 4.27. The molecular weight excluding hydrogens is 240 g/mol. The second kappa shape index (κ2) is 6.00. The highest BCUT2D eigenvalue weighted by molar-refractivity contribution is 6.15. The van der Waals surface area contributed by atoms with Crippen molar-refractivity contribution in [2.24, 2.45) is 0 Å². The Hall–Kier alpha value is -1.64.